The molecule has 0 unspecified atom stereocenters. The Morgan fingerprint density at radius 1 is 1.15 bits per heavy atom. The molecule has 0 bridgehead atoms. The fraction of sp³-hybridized carbons (Fsp3) is 0.269. The summed E-state index contributed by atoms with van der Waals surface area (Å²) >= 11 is 1.34. The quantitative estimate of drug-likeness (QED) is 0.373. The Morgan fingerprint density at radius 3 is 2.76 bits per heavy atom. The third-order valence-electron chi connectivity index (χ3n) is 5.62. The van der Waals surface area contributed by atoms with Crippen LogP contribution in [-0.4, -0.2) is 27.3 Å². The highest BCUT2D eigenvalue weighted by Gasteiger charge is 2.18. The van der Waals surface area contributed by atoms with E-state index in [4.69, 9.17) is 9.47 Å². The summed E-state index contributed by atoms with van der Waals surface area (Å²) in [4.78, 5) is 18.1. The molecule has 1 atom stereocenters. The number of thiazole rings is 1. The first-order chi connectivity index (χ1) is 16.1. The fourth-order valence-electron chi connectivity index (χ4n) is 3.77. The molecule has 0 amide bonds. The largest absolute Gasteiger partial charge is 0.494 e. The van der Waals surface area contributed by atoms with Crippen molar-refractivity contribution >= 4 is 28.4 Å². The Balaban J connectivity index is 1.39. The summed E-state index contributed by atoms with van der Waals surface area (Å²) in [5.41, 5.74) is 2.64. The molecule has 0 N–H and O–H groups in total. The summed E-state index contributed by atoms with van der Waals surface area (Å²) < 4.78 is 13.7. The van der Waals surface area contributed by atoms with Crippen LogP contribution in [-0.2, 0) is 0 Å². The molecule has 5 rings (SSSR count). The van der Waals surface area contributed by atoms with E-state index in [-0.39, 0.29) is 11.7 Å². The molecular formula is C26H25N3O3S. The van der Waals surface area contributed by atoms with E-state index in [1.165, 1.54) is 28.7 Å². The van der Waals surface area contributed by atoms with Crippen LogP contribution >= 0.6 is 11.3 Å². The molecule has 7 heteroatoms. The third-order valence-corrected chi connectivity index (χ3v) is 6.58. The van der Waals surface area contributed by atoms with E-state index in [0.717, 1.165) is 41.2 Å². The molecule has 3 heterocycles. The number of fused-ring (bicyclic) bond motifs is 2. The van der Waals surface area contributed by atoms with Crippen molar-refractivity contribution in [2.24, 2.45) is 0 Å². The van der Waals surface area contributed by atoms with Gasteiger partial charge in [0.05, 0.1) is 11.1 Å². The van der Waals surface area contributed by atoms with Gasteiger partial charge in [0.15, 0.2) is 5.82 Å². The lowest BCUT2D eigenvalue weighted by atomic mass is 10.0. The second-order valence-corrected chi connectivity index (χ2v) is 9.08. The summed E-state index contributed by atoms with van der Waals surface area (Å²) in [6.45, 7) is 4.87. The standard InChI is InChI=1S/C26H25N3O3S/c1-3-4-7-14-31-21-12-10-18(11-13-21)24-27-26-29(28-24)25(30)23(33-26)16-20-15-19-8-5-6-9-22(19)32-17(20)2/h5-6,8-13,15-17H,3-4,7,14H2,1-2H3/b23-16+/t17-/m0/s1. The molecule has 1 aliphatic rings. The van der Waals surface area contributed by atoms with Crippen LogP contribution in [0.1, 0.15) is 38.7 Å². The smallest absolute Gasteiger partial charge is 0.291 e. The number of hydrogen-bond donors (Lipinski definition) is 0. The van der Waals surface area contributed by atoms with Crippen molar-refractivity contribution in [2.45, 2.75) is 39.2 Å². The predicted octanol–water partition coefficient (Wildman–Crippen LogP) is 4.75. The highest BCUT2D eigenvalue weighted by Crippen LogP contribution is 2.29. The summed E-state index contributed by atoms with van der Waals surface area (Å²) in [6, 6.07) is 15.6. The van der Waals surface area contributed by atoms with Gasteiger partial charge in [0.2, 0.25) is 4.96 Å². The maximum atomic E-state index is 13.0. The topological polar surface area (TPSA) is 65.7 Å². The van der Waals surface area contributed by atoms with Crippen molar-refractivity contribution in [1.82, 2.24) is 14.6 Å². The van der Waals surface area contributed by atoms with E-state index in [9.17, 15) is 4.79 Å². The van der Waals surface area contributed by atoms with Crippen LogP contribution in [0.5, 0.6) is 11.5 Å². The summed E-state index contributed by atoms with van der Waals surface area (Å²) in [7, 11) is 0. The molecule has 0 spiro atoms. The third kappa shape index (κ3) is 4.41. The van der Waals surface area contributed by atoms with Crippen LogP contribution < -0.4 is 19.6 Å². The second-order valence-electron chi connectivity index (χ2n) is 8.07. The van der Waals surface area contributed by atoms with E-state index in [2.05, 4.69) is 23.1 Å². The lowest BCUT2D eigenvalue weighted by molar-refractivity contribution is 0.259. The van der Waals surface area contributed by atoms with Crippen molar-refractivity contribution in [3.63, 3.8) is 0 Å². The molecule has 0 saturated heterocycles. The molecule has 1 aliphatic heterocycles. The molecule has 0 fully saturated rings. The van der Waals surface area contributed by atoms with E-state index in [1.807, 2.05) is 61.5 Å². The van der Waals surface area contributed by atoms with Gasteiger partial charge in [0.25, 0.3) is 5.56 Å². The van der Waals surface area contributed by atoms with Gasteiger partial charge in [-0.2, -0.15) is 9.50 Å². The average Bonchev–Trinajstić information content (AvgIpc) is 3.37. The van der Waals surface area contributed by atoms with Crippen molar-refractivity contribution in [2.75, 3.05) is 6.61 Å². The lowest BCUT2D eigenvalue weighted by Gasteiger charge is -2.22. The normalized spacial score (nSPS) is 15.9. The highest BCUT2D eigenvalue weighted by molar-refractivity contribution is 7.15. The van der Waals surface area contributed by atoms with Gasteiger partial charge in [0.1, 0.15) is 17.6 Å². The molecule has 4 aromatic rings. The Morgan fingerprint density at radius 2 is 1.97 bits per heavy atom. The minimum absolute atomic E-state index is 0.139. The van der Waals surface area contributed by atoms with Gasteiger partial charge < -0.3 is 9.47 Å². The predicted molar refractivity (Wildman–Crippen MR) is 132 cm³/mol. The van der Waals surface area contributed by atoms with Crippen LogP contribution in [0.4, 0.5) is 0 Å². The van der Waals surface area contributed by atoms with Crippen LogP contribution in [0.2, 0.25) is 0 Å². The minimum Gasteiger partial charge on any atom is -0.494 e. The maximum absolute atomic E-state index is 13.0. The fourth-order valence-corrected chi connectivity index (χ4v) is 4.68. The lowest BCUT2D eigenvalue weighted by Crippen LogP contribution is -2.26. The Bertz CT molecular complexity index is 1420. The van der Waals surface area contributed by atoms with Crippen LogP contribution in [0, 0.1) is 0 Å². The molecule has 33 heavy (non-hydrogen) atoms. The van der Waals surface area contributed by atoms with Gasteiger partial charge in [-0.05, 0) is 61.4 Å². The van der Waals surface area contributed by atoms with Gasteiger partial charge in [0, 0.05) is 11.1 Å². The number of nitrogens with zero attached hydrogens (tertiary/aromatic N) is 3. The molecule has 2 aromatic carbocycles. The van der Waals surface area contributed by atoms with Crippen molar-refractivity contribution < 1.29 is 9.47 Å². The Labute approximate surface area is 195 Å². The zero-order valence-corrected chi connectivity index (χ0v) is 19.5. The number of rotatable bonds is 7. The first kappa shape index (κ1) is 21.4. The number of benzene rings is 2. The van der Waals surface area contributed by atoms with E-state index >= 15 is 0 Å². The van der Waals surface area contributed by atoms with Gasteiger partial charge >= 0.3 is 0 Å². The molecule has 168 valence electrons. The van der Waals surface area contributed by atoms with Gasteiger partial charge in [-0.15, -0.1) is 5.10 Å². The number of ether oxygens (including phenoxy) is 2. The molecule has 2 aromatic heterocycles. The van der Waals surface area contributed by atoms with Gasteiger partial charge in [-0.25, -0.2) is 0 Å². The second kappa shape index (κ2) is 9.19. The number of para-hydroxylation sites is 1. The minimum atomic E-state index is -0.170. The van der Waals surface area contributed by atoms with Gasteiger partial charge in [-0.3, -0.25) is 4.79 Å². The summed E-state index contributed by atoms with van der Waals surface area (Å²) in [5.74, 6) is 2.22. The number of unbranched alkanes of at least 4 members (excludes halogenated alkanes) is 2. The van der Waals surface area contributed by atoms with Crippen molar-refractivity contribution in [1.29, 1.82) is 0 Å². The highest BCUT2D eigenvalue weighted by atomic mass is 32.1. The van der Waals surface area contributed by atoms with Crippen LogP contribution in [0.15, 0.2) is 58.9 Å². The van der Waals surface area contributed by atoms with Crippen molar-refractivity contribution in [3.8, 4) is 22.9 Å². The van der Waals surface area contributed by atoms with Crippen molar-refractivity contribution in [3.05, 3.63) is 74.6 Å². The number of hydrogen-bond acceptors (Lipinski definition) is 6. The maximum Gasteiger partial charge on any atom is 0.291 e. The molecular weight excluding hydrogens is 434 g/mol. The first-order valence-corrected chi connectivity index (χ1v) is 12.1. The Hall–Kier alpha value is -3.45. The van der Waals surface area contributed by atoms with E-state index in [1.54, 1.807) is 0 Å². The zero-order valence-electron chi connectivity index (χ0n) is 18.7. The van der Waals surface area contributed by atoms with Crippen LogP contribution in [0.25, 0.3) is 28.5 Å². The molecule has 6 nitrogen and oxygen atoms in total. The first-order valence-electron chi connectivity index (χ1n) is 11.2. The molecule has 0 saturated carbocycles. The average molecular weight is 460 g/mol. The SMILES string of the molecule is CCCCCOc1ccc(-c2nc3s/c(=C/C4=Cc5ccccc5O[C@H]4C)c(=O)n3n2)cc1. The van der Waals surface area contributed by atoms with Gasteiger partial charge in [-0.1, -0.05) is 49.3 Å². The summed E-state index contributed by atoms with van der Waals surface area (Å²) in [5, 5.41) is 4.46. The van der Waals surface area contributed by atoms with Crippen LogP contribution in [0.3, 0.4) is 0 Å². The van der Waals surface area contributed by atoms with E-state index < -0.39 is 0 Å². The molecule has 0 aliphatic carbocycles. The molecule has 0 radical (unpaired) electrons. The Kier molecular flexibility index (Phi) is 5.96. The zero-order chi connectivity index (χ0) is 22.8. The number of aromatic nitrogens is 3. The summed E-state index contributed by atoms with van der Waals surface area (Å²) in [6.07, 6.45) is 7.20. The monoisotopic (exact) mass is 459 g/mol. The van der Waals surface area contributed by atoms with E-state index in [0.29, 0.717) is 15.3 Å².